The van der Waals surface area contributed by atoms with Crippen LogP contribution >= 0.6 is 35.0 Å². The zero-order valence-electron chi connectivity index (χ0n) is 17.7. The lowest BCUT2D eigenvalue weighted by molar-refractivity contribution is -0.113. The molecule has 1 aromatic heterocycles. The first-order chi connectivity index (χ1) is 16.0. The molecule has 3 aromatic carbocycles. The molecule has 0 saturated carbocycles. The highest BCUT2D eigenvalue weighted by Crippen LogP contribution is 2.26. The number of hydrogen-bond acceptors (Lipinski definition) is 5. The number of benzene rings is 3. The molecule has 0 aliphatic heterocycles. The summed E-state index contributed by atoms with van der Waals surface area (Å²) < 4.78 is 7.82. The van der Waals surface area contributed by atoms with Crippen molar-refractivity contribution in [3.8, 4) is 11.4 Å². The largest absolute Gasteiger partial charge is 0.486 e. The smallest absolute Gasteiger partial charge is 0.234 e. The van der Waals surface area contributed by atoms with Crippen molar-refractivity contribution in [2.24, 2.45) is 0 Å². The molecule has 4 aromatic rings. The van der Waals surface area contributed by atoms with E-state index in [0.29, 0.717) is 32.5 Å². The summed E-state index contributed by atoms with van der Waals surface area (Å²) in [6, 6.07) is 22.3. The Morgan fingerprint density at radius 3 is 2.52 bits per heavy atom. The van der Waals surface area contributed by atoms with Crippen molar-refractivity contribution in [2.45, 2.75) is 18.7 Å². The molecular weight excluding hydrogens is 479 g/mol. The van der Waals surface area contributed by atoms with Gasteiger partial charge in [0.25, 0.3) is 0 Å². The van der Waals surface area contributed by atoms with Crippen molar-refractivity contribution in [2.75, 3.05) is 11.1 Å². The second-order valence-electron chi connectivity index (χ2n) is 7.09. The van der Waals surface area contributed by atoms with Crippen LogP contribution in [0.1, 0.15) is 11.4 Å². The van der Waals surface area contributed by atoms with Crippen LogP contribution in [0.2, 0.25) is 10.0 Å². The Kier molecular flexibility index (Phi) is 7.54. The van der Waals surface area contributed by atoms with Crippen molar-refractivity contribution >= 4 is 46.6 Å². The highest BCUT2D eigenvalue weighted by Gasteiger charge is 2.17. The summed E-state index contributed by atoms with van der Waals surface area (Å²) in [5.41, 5.74) is 2.38. The number of para-hydroxylation sites is 2. The van der Waals surface area contributed by atoms with Crippen LogP contribution < -0.4 is 10.1 Å². The Labute approximate surface area is 205 Å². The minimum absolute atomic E-state index is 0.146. The summed E-state index contributed by atoms with van der Waals surface area (Å²) >= 11 is 13.5. The third-order valence-electron chi connectivity index (χ3n) is 4.69. The quantitative estimate of drug-likeness (QED) is 0.293. The van der Waals surface area contributed by atoms with Crippen LogP contribution in [0.4, 0.5) is 5.69 Å². The summed E-state index contributed by atoms with van der Waals surface area (Å²) in [5, 5.41) is 13.2. The van der Waals surface area contributed by atoms with Crippen molar-refractivity contribution in [3.63, 3.8) is 0 Å². The Morgan fingerprint density at radius 2 is 1.76 bits per heavy atom. The number of thioether (sulfide) groups is 1. The summed E-state index contributed by atoms with van der Waals surface area (Å²) in [6.07, 6.45) is 0. The second kappa shape index (κ2) is 10.7. The normalized spacial score (nSPS) is 10.8. The van der Waals surface area contributed by atoms with Gasteiger partial charge in [0.2, 0.25) is 5.91 Å². The second-order valence-corrected chi connectivity index (χ2v) is 8.84. The Balaban J connectivity index is 1.50. The average Bonchev–Trinajstić information content (AvgIpc) is 3.23. The van der Waals surface area contributed by atoms with Gasteiger partial charge in [-0.15, -0.1) is 10.2 Å². The molecular formula is C24H20Cl2N4O2S. The van der Waals surface area contributed by atoms with Gasteiger partial charge in [-0.25, -0.2) is 0 Å². The van der Waals surface area contributed by atoms with Crippen LogP contribution in [-0.2, 0) is 11.4 Å². The van der Waals surface area contributed by atoms with E-state index in [4.69, 9.17) is 27.9 Å². The van der Waals surface area contributed by atoms with Gasteiger partial charge in [0.1, 0.15) is 12.4 Å². The maximum Gasteiger partial charge on any atom is 0.234 e. The van der Waals surface area contributed by atoms with Crippen LogP contribution in [0, 0.1) is 6.92 Å². The van der Waals surface area contributed by atoms with E-state index in [1.807, 2.05) is 66.1 Å². The zero-order chi connectivity index (χ0) is 23.2. The van der Waals surface area contributed by atoms with Gasteiger partial charge < -0.3 is 10.1 Å². The molecule has 0 fully saturated rings. The molecule has 1 N–H and O–H groups in total. The van der Waals surface area contributed by atoms with E-state index in [0.717, 1.165) is 11.3 Å². The number of aryl methyl sites for hydroxylation is 1. The maximum absolute atomic E-state index is 12.5. The fourth-order valence-electron chi connectivity index (χ4n) is 3.06. The first-order valence-electron chi connectivity index (χ1n) is 10.1. The highest BCUT2D eigenvalue weighted by molar-refractivity contribution is 7.99. The van der Waals surface area contributed by atoms with Gasteiger partial charge in [-0.05, 0) is 55.0 Å². The molecule has 168 valence electrons. The molecule has 0 spiro atoms. The summed E-state index contributed by atoms with van der Waals surface area (Å²) in [7, 11) is 0. The van der Waals surface area contributed by atoms with E-state index in [1.54, 1.807) is 18.2 Å². The van der Waals surface area contributed by atoms with E-state index < -0.39 is 0 Å². The first-order valence-corrected chi connectivity index (χ1v) is 11.8. The van der Waals surface area contributed by atoms with E-state index in [9.17, 15) is 4.79 Å². The summed E-state index contributed by atoms with van der Waals surface area (Å²) in [5.74, 6) is 1.26. The lowest BCUT2D eigenvalue weighted by Gasteiger charge is -2.12. The Hall–Kier alpha value is -3.00. The van der Waals surface area contributed by atoms with Crippen LogP contribution in [0.3, 0.4) is 0 Å². The number of carbonyl (C=O) groups is 1. The monoisotopic (exact) mass is 498 g/mol. The highest BCUT2D eigenvalue weighted by atomic mass is 35.5. The minimum Gasteiger partial charge on any atom is -0.486 e. The van der Waals surface area contributed by atoms with E-state index >= 15 is 0 Å². The molecule has 0 bridgehead atoms. The number of carbonyl (C=O) groups excluding carboxylic acids is 1. The van der Waals surface area contributed by atoms with E-state index in [2.05, 4.69) is 15.5 Å². The van der Waals surface area contributed by atoms with Gasteiger partial charge in [-0.2, -0.15) is 0 Å². The van der Waals surface area contributed by atoms with Gasteiger partial charge in [0, 0.05) is 10.7 Å². The first kappa shape index (κ1) is 23.2. The van der Waals surface area contributed by atoms with Crippen LogP contribution in [0.25, 0.3) is 5.69 Å². The molecule has 33 heavy (non-hydrogen) atoms. The number of anilines is 1. The van der Waals surface area contributed by atoms with Crippen LogP contribution in [0.15, 0.2) is 78.0 Å². The predicted octanol–water partition coefficient (Wildman–Crippen LogP) is 6.19. The predicted molar refractivity (Wildman–Crippen MR) is 133 cm³/mol. The molecule has 0 unspecified atom stereocenters. The van der Waals surface area contributed by atoms with Gasteiger partial charge in [0.15, 0.2) is 11.0 Å². The molecule has 0 aliphatic carbocycles. The molecule has 0 atom stereocenters. The Morgan fingerprint density at radius 1 is 1.00 bits per heavy atom. The fourth-order valence-corrected chi connectivity index (χ4v) is 4.13. The van der Waals surface area contributed by atoms with E-state index in [-0.39, 0.29) is 18.3 Å². The number of aromatic nitrogens is 3. The molecule has 1 amide bonds. The lowest BCUT2D eigenvalue weighted by atomic mass is 10.2. The maximum atomic E-state index is 12.5. The van der Waals surface area contributed by atoms with Gasteiger partial charge in [-0.3, -0.25) is 9.36 Å². The molecule has 0 radical (unpaired) electrons. The topological polar surface area (TPSA) is 69.0 Å². The molecule has 1 heterocycles. The molecule has 6 nitrogen and oxygen atoms in total. The molecule has 9 heteroatoms. The molecule has 0 saturated heterocycles. The number of halogens is 2. The van der Waals surface area contributed by atoms with Crippen molar-refractivity contribution in [3.05, 3.63) is 94.2 Å². The van der Waals surface area contributed by atoms with E-state index in [1.165, 1.54) is 11.8 Å². The Bertz CT molecular complexity index is 1260. The van der Waals surface area contributed by atoms with Crippen molar-refractivity contribution in [1.29, 1.82) is 0 Å². The number of ether oxygens (including phenoxy) is 1. The lowest BCUT2D eigenvalue weighted by Crippen LogP contribution is -2.15. The SMILES string of the molecule is Cc1cc(OCc2nnc(SCC(=O)Nc3ccccc3Cl)n2-c2ccccc2)ccc1Cl. The van der Waals surface area contributed by atoms with Crippen LogP contribution in [-0.4, -0.2) is 26.4 Å². The van der Waals surface area contributed by atoms with Gasteiger partial charge in [-0.1, -0.05) is 65.3 Å². The average molecular weight is 499 g/mol. The third-order valence-corrected chi connectivity index (χ3v) is 6.38. The number of amides is 1. The molecule has 0 aliphatic rings. The minimum atomic E-state index is -0.190. The number of hydrogen-bond donors (Lipinski definition) is 1. The fraction of sp³-hybridized carbons (Fsp3) is 0.125. The van der Waals surface area contributed by atoms with Crippen molar-refractivity contribution in [1.82, 2.24) is 14.8 Å². The van der Waals surface area contributed by atoms with Gasteiger partial charge in [0.05, 0.1) is 16.5 Å². The number of nitrogens with one attached hydrogen (secondary N) is 1. The summed E-state index contributed by atoms with van der Waals surface area (Å²) in [6.45, 7) is 2.12. The van der Waals surface area contributed by atoms with Gasteiger partial charge >= 0.3 is 0 Å². The van der Waals surface area contributed by atoms with Crippen LogP contribution in [0.5, 0.6) is 5.75 Å². The third kappa shape index (κ3) is 5.87. The zero-order valence-corrected chi connectivity index (χ0v) is 20.0. The molecule has 4 rings (SSSR count). The number of rotatable bonds is 8. The van der Waals surface area contributed by atoms with Crippen molar-refractivity contribution < 1.29 is 9.53 Å². The summed E-state index contributed by atoms with van der Waals surface area (Å²) in [4.78, 5) is 12.5. The standard InChI is InChI=1S/C24H20Cl2N4O2S/c1-16-13-18(11-12-19(16)25)32-14-22-28-29-24(30(22)17-7-3-2-4-8-17)33-15-23(31)27-21-10-6-5-9-20(21)26/h2-13H,14-15H2,1H3,(H,27,31). The number of nitrogens with zero attached hydrogens (tertiary/aromatic N) is 3.